The molecule has 2 heterocycles. The minimum absolute atomic E-state index is 0.102. The van der Waals surface area contributed by atoms with Crippen molar-refractivity contribution in [1.82, 2.24) is 14.8 Å². The lowest BCUT2D eigenvalue weighted by molar-refractivity contribution is -0.118. The molecule has 0 saturated carbocycles. The van der Waals surface area contributed by atoms with Gasteiger partial charge >= 0.3 is 0 Å². The summed E-state index contributed by atoms with van der Waals surface area (Å²) in [7, 11) is 1.62. The number of rotatable bonds is 7. The molecule has 0 radical (unpaired) electrons. The summed E-state index contributed by atoms with van der Waals surface area (Å²) in [4.78, 5) is 19.4. The van der Waals surface area contributed by atoms with Gasteiger partial charge in [0.25, 0.3) is 0 Å². The number of anilines is 1. The lowest BCUT2D eigenvalue weighted by atomic mass is 10.1. The van der Waals surface area contributed by atoms with Crippen LogP contribution < -0.4 is 9.64 Å². The average Bonchev–Trinajstić information content (AvgIpc) is 3.39. The zero-order chi connectivity index (χ0) is 20.2. The Balaban J connectivity index is 1.61. The number of methoxy groups -OCH3 is 1. The number of fused-ring (bicyclic) bond motifs is 1. The summed E-state index contributed by atoms with van der Waals surface area (Å²) in [6, 6.07) is 13.5. The van der Waals surface area contributed by atoms with Crippen molar-refractivity contribution >= 4 is 32.6 Å². The van der Waals surface area contributed by atoms with Gasteiger partial charge < -0.3 is 4.74 Å². The zero-order valence-electron chi connectivity index (χ0n) is 15.8. The molecule has 0 saturated heterocycles. The molecule has 29 heavy (non-hydrogen) atoms. The molecule has 148 valence electrons. The van der Waals surface area contributed by atoms with Crippen LogP contribution in [-0.2, 0) is 17.8 Å². The topological polar surface area (TPSA) is 60.2 Å². The summed E-state index contributed by atoms with van der Waals surface area (Å²) < 4.78 is 21.2. The maximum Gasteiger partial charge on any atom is 0.233 e. The minimum Gasteiger partial charge on any atom is -0.497 e. The largest absolute Gasteiger partial charge is 0.497 e. The van der Waals surface area contributed by atoms with Gasteiger partial charge in [0.1, 0.15) is 11.6 Å². The van der Waals surface area contributed by atoms with Crippen LogP contribution in [0.5, 0.6) is 5.75 Å². The molecule has 0 unspecified atom stereocenters. The van der Waals surface area contributed by atoms with Crippen molar-refractivity contribution in [1.29, 1.82) is 0 Å². The summed E-state index contributed by atoms with van der Waals surface area (Å²) >= 11 is 1.44. The Morgan fingerprint density at radius 2 is 2.07 bits per heavy atom. The third-order valence-electron chi connectivity index (χ3n) is 4.50. The van der Waals surface area contributed by atoms with Gasteiger partial charge in [-0.25, -0.2) is 9.37 Å². The lowest BCUT2D eigenvalue weighted by Gasteiger charge is -2.20. The number of nitrogens with zero attached hydrogens (tertiary/aromatic N) is 4. The molecule has 4 rings (SSSR count). The Morgan fingerprint density at radius 1 is 1.24 bits per heavy atom. The van der Waals surface area contributed by atoms with E-state index >= 15 is 0 Å². The normalized spacial score (nSPS) is 11.0. The predicted octanol–water partition coefficient (Wildman–Crippen LogP) is 3.92. The van der Waals surface area contributed by atoms with Gasteiger partial charge in [-0.15, -0.1) is 0 Å². The molecule has 0 fully saturated rings. The molecule has 0 aliphatic rings. The van der Waals surface area contributed by atoms with Crippen LogP contribution in [0.15, 0.2) is 60.9 Å². The quantitative estimate of drug-likeness (QED) is 0.463. The van der Waals surface area contributed by atoms with Crippen LogP contribution in [-0.4, -0.2) is 34.3 Å². The molecule has 4 aromatic rings. The first-order valence-corrected chi connectivity index (χ1v) is 9.91. The van der Waals surface area contributed by atoms with Gasteiger partial charge in [0.05, 0.1) is 30.3 Å². The third-order valence-corrected chi connectivity index (χ3v) is 5.54. The molecule has 8 heteroatoms. The highest BCUT2D eigenvalue weighted by molar-refractivity contribution is 7.22. The molecule has 0 N–H and O–H groups in total. The molecule has 2 aromatic heterocycles. The van der Waals surface area contributed by atoms with Crippen LogP contribution in [0.1, 0.15) is 5.56 Å². The van der Waals surface area contributed by atoms with Crippen molar-refractivity contribution in [3.63, 3.8) is 0 Å². The molecule has 0 aliphatic heterocycles. The number of aromatic nitrogens is 3. The molecule has 6 nitrogen and oxygen atoms in total. The van der Waals surface area contributed by atoms with Crippen molar-refractivity contribution in [2.24, 2.45) is 0 Å². The van der Waals surface area contributed by atoms with Crippen molar-refractivity contribution in [3.8, 4) is 5.75 Å². The van der Waals surface area contributed by atoms with Crippen LogP contribution in [0.4, 0.5) is 9.52 Å². The molecule has 0 atom stereocenters. The second-order valence-corrected chi connectivity index (χ2v) is 7.46. The Bertz CT molecular complexity index is 1110. The first-order valence-electron chi connectivity index (χ1n) is 9.09. The van der Waals surface area contributed by atoms with Crippen molar-refractivity contribution in [2.45, 2.75) is 13.0 Å². The fraction of sp³-hybridized carbons (Fsp3) is 0.190. The highest BCUT2D eigenvalue weighted by atomic mass is 32.1. The van der Waals surface area contributed by atoms with E-state index in [4.69, 9.17) is 4.74 Å². The van der Waals surface area contributed by atoms with Gasteiger partial charge in [-0.2, -0.15) is 5.10 Å². The summed E-state index contributed by atoms with van der Waals surface area (Å²) in [6.45, 7) is 0.972. The number of carbonyl (C=O) groups is 1. The van der Waals surface area contributed by atoms with E-state index in [1.54, 1.807) is 35.0 Å². The standard InChI is InChI=1S/C21H19FN4O2S/c1-28-17-7-8-18-19(14-17)29-21(24-18)26(12-11-25-10-2-9-23-25)20(27)13-15-3-5-16(22)6-4-15/h2-10,14H,11-13H2,1H3. The first-order chi connectivity index (χ1) is 14.1. The molecular formula is C21H19FN4O2S. The Hall–Kier alpha value is -3.26. The summed E-state index contributed by atoms with van der Waals surface area (Å²) in [5, 5.41) is 4.82. The maximum atomic E-state index is 13.2. The van der Waals surface area contributed by atoms with Crippen LogP contribution in [0.25, 0.3) is 10.2 Å². The van der Waals surface area contributed by atoms with Crippen molar-refractivity contribution in [3.05, 3.63) is 72.3 Å². The number of amides is 1. The smallest absolute Gasteiger partial charge is 0.233 e. The number of ether oxygens (including phenoxy) is 1. The fourth-order valence-electron chi connectivity index (χ4n) is 2.97. The third kappa shape index (κ3) is 4.43. The number of hydrogen-bond donors (Lipinski definition) is 0. The van der Waals surface area contributed by atoms with Gasteiger partial charge in [-0.3, -0.25) is 14.4 Å². The van der Waals surface area contributed by atoms with Gasteiger partial charge in [0.2, 0.25) is 5.91 Å². The molecule has 1 amide bonds. The zero-order valence-corrected chi connectivity index (χ0v) is 16.6. The van der Waals surface area contributed by atoms with Gasteiger partial charge in [0, 0.05) is 18.9 Å². The van der Waals surface area contributed by atoms with E-state index < -0.39 is 0 Å². The molecule has 0 spiro atoms. The first kappa shape index (κ1) is 19.1. The summed E-state index contributed by atoms with van der Waals surface area (Å²) in [5.74, 6) is 0.320. The van der Waals surface area contributed by atoms with E-state index in [0.29, 0.717) is 18.2 Å². The highest BCUT2D eigenvalue weighted by Crippen LogP contribution is 2.31. The van der Waals surface area contributed by atoms with E-state index in [1.807, 2.05) is 30.5 Å². The molecule has 2 aromatic carbocycles. The maximum absolute atomic E-state index is 13.2. The SMILES string of the molecule is COc1ccc2nc(N(CCn3cccn3)C(=O)Cc3ccc(F)cc3)sc2c1. The van der Waals surface area contributed by atoms with E-state index in [9.17, 15) is 9.18 Å². The van der Waals surface area contributed by atoms with Gasteiger partial charge in [0.15, 0.2) is 5.13 Å². The highest BCUT2D eigenvalue weighted by Gasteiger charge is 2.20. The molecule has 0 bridgehead atoms. The predicted molar refractivity (Wildman–Crippen MR) is 111 cm³/mol. The average molecular weight is 410 g/mol. The number of hydrogen-bond acceptors (Lipinski definition) is 5. The number of thiazole rings is 1. The van der Waals surface area contributed by atoms with E-state index in [0.717, 1.165) is 21.5 Å². The monoisotopic (exact) mass is 410 g/mol. The van der Waals surface area contributed by atoms with Crippen molar-refractivity contribution < 1.29 is 13.9 Å². The fourth-order valence-corrected chi connectivity index (χ4v) is 4.01. The lowest BCUT2D eigenvalue weighted by Crippen LogP contribution is -2.35. The van der Waals surface area contributed by atoms with Crippen LogP contribution in [0.2, 0.25) is 0 Å². The molecular weight excluding hydrogens is 391 g/mol. The van der Waals surface area contributed by atoms with E-state index in [2.05, 4.69) is 10.1 Å². The minimum atomic E-state index is -0.322. The second kappa shape index (κ2) is 8.40. The number of carbonyl (C=O) groups excluding carboxylic acids is 1. The Morgan fingerprint density at radius 3 is 2.79 bits per heavy atom. The number of halogens is 1. The summed E-state index contributed by atoms with van der Waals surface area (Å²) in [5.41, 5.74) is 1.56. The van der Waals surface area contributed by atoms with E-state index in [1.165, 1.54) is 23.5 Å². The molecule has 0 aliphatic carbocycles. The Labute approximate surface area is 171 Å². The summed E-state index contributed by atoms with van der Waals surface area (Å²) in [6.07, 6.45) is 3.72. The van der Waals surface area contributed by atoms with Crippen LogP contribution in [0, 0.1) is 5.82 Å². The van der Waals surface area contributed by atoms with Gasteiger partial charge in [-0.1, -0.05) is 23.5 Å². The van der Waals surface area contributed by atoms with E-state index in [-0.39, 0.29) is 18.1 Å². The number of benzene rings is 2. The Kier molecular flexibility index (Phi) is 5.53. The van der Waals surface area contributed by atoms with Crippen LogP contribution in [0.3, 0.4) is 0 Å². The second-order valence-electron chi connectivity index (χ2n) is 6.45. The van der Waals surface area contributed by atoms with Crippen LogP contribution >= 0.6 is 11.3 Å². The van der Waals surface area contributed by atoms with Gasteiger partial charge in [-0.05, 0) is 42.0 Å². The van der Waals surface area contributed by atoms with Crippen molar-refractivity contribution in [2.75, 3.05) is 18.6 Å².